The van der Waals surface area contributed by atoms with Crippen molar-refractivity contribution in [2.75, 3.05) is 37.7 Å². The lowest BCUT2D eigenvalue weighted by molar-refractivity contribution is 0.0707. The smallest absolute Gasteiger partial charge is 0.282 e. The van der Waals surface area contributed by atoms with Gasteiger partial charge in [0.25, 0.3) is 11.8 Å². The van der Waals surface area contributed by atoms with Crippen molar-refractivity contribution in [1.82, 2.24) is 15.2 Å². The van der Waals surface area contributed by atoms with Crippen LogP contribution in [0, 0.1) is 11.6 Å². The normalized spacial score (nSPS) is 15.4. The zero-order chi connectivity index (χ0) is 29.5. The van der Waals surface area contributed by atoms with Crippen LogP contribution in [0.2, 0.25) is 0 Å². The summed E-state index contributed by atoms with van der Waals surface area (Å²) in [5.41, 5.74) is 4.04. The summed E-state index contributed by atoms with van der Waals surface area (Å²) in [6, 6.07) is 14.1. The van der Waals surface area contributed by atoms with Gasteiger partial charge in [-0.05, 0) is 66.9 Å². The molecule has 0 spiro atoms. The molecule has 0 radical (unpaired) electrons. The Morgan fingerprint density at radius 1 is 1.12 bits per heavy atom. The van der Waals surface area contributed by atoms with Crippen LogP contribution in [0.15, 0.2) is 59.0 Å². The lowest BCUT2D eigenvalue weighted by atomic mass is 9.88. The first-order valence-corrected chi connectivity index (χ1v) is 15.5. The van der Waals surface area contributed by atoms with Gasteiger partial charge in [0.2, 0.25) is 0 Å². The number of furan rings is 1. The molecule has 42 heavy (non-hydrogen) atoms. The lowest BCUT2D eigenvalue weighted by Crippen LogP contribution is -2.39. The molecule has 3 heterocycles. The summed E-state index contributed by atoms with van der Waals surface area (Å²) in [6.45, 7) is 1.07. The molecule has 0 saturated carbocycles. The molecule has 1 aliphatic heterocycles. The molecule has 0 aliphatic carbocycles. The van der Waals surface area contributed by atoms with E-state index in [0.717, 1.165) is 24.1 Å². The highest BCUT2D eigenvalue weighted by Gasteiger charge is 2.31. The second kappa shape index (κ2) is 11.4. The SMILES string of the molecule is CNC(=O)c1c(-c2ccc(F)cc2)oc2cc(N(C)SC)c(C3CCCN(C(=O)c4nc5ccc(F)cc5s4)C3)cc12. The van der Waals surface area contributed by atoms with E-state index in [0.29, 0.717) is 56.2 Å². The number of piperidine rings is 1. The van der Waals surface area contributed by atoms with Gasteiger partial charge in [-0.2, -0.15) is 0 Å². The van der Waals surface area contributed by atoms with E-state index in [1.165, 1.54) is 35.6 Å². The minimum atomic E-state index is -0.378. The minimum absolute atomic E-state index is 0.00904. The van der Waals surface area contributed by atoms with Gasteiger partial charge < -0.3 is 18.9 Å². The number of nitrogens with one attached hydrogen (secondary N) is 1. The van der Waals surface area contributed by atoms with Crippen molar-refractivity contribution in [3.63, 3.8) is 0 Å². The van der Waals surface area contributed by atoms with E-state index in [1.54, 1.807) is 37.2 Å². The Morgan fingerprint density at radius 3 is 2.62 bits per heavy atom. The van der Waals surface area contributed by atoms with Crippen molar-refractivity contribution in [2.45, 2.75) is 18.8 Å². The van der Waals surface area contributed by atoms with Gasteiger partial charge in [-0.3, -0.25) is 9.59 Å². The summed E-state index contributed by atoms with van der Waals surface area (Å²) in [4.78, 5) is 33.0. The first kappa shape index (κ1) is 28.2. The van der Waals surface area contributed by atoms with Crippen LogP contribution >= 0.6 is 23.3 Å². The molecule has 1 saturated heterocycles. The quantitative estimate of drug-likeness (QED) is 0.208. The number of hydrogen-bond acceptors (Lipinski definition) is 7. The third-order valence-electron chi connectivity index (χ3n) is 7.69. The molecule has 216 valence electrons. The molecule has 1 aliphatic rings. The summed E-state index contributed by atoms with van der Waals surface area (Å²) in [6.07, 6.45) is 3.63. The number of nitrogens with zero attached hydrogens (tertiary/aromatic N) is 3. The minimum Gasteiger partial charge on any atom is -0.455 e. The van der Waals surface area contributed by atoms with Crippen molar-refractivity contribution in [1.29, 1.82) is 0 Å². The number of likely N-dealkylation sites (tertiary alicyclic amines) is 1. The summed E-state index contributed by atoms with van der Waals surface area (Å²) in [5.74, 6) is -0.857. The molecule has 2 amide bonds. The van der Waals surface area contributed by atoms with E-state index in [2.05, 4.69) is 10.3 Å². The van der Waals surface area contributed by atoms with Crippen LogP contribution in [0.5, 0.6) is 0 Å². The van der Waals surface area contributed by atoms with Crippen LogP contribution in [-0.2, 0) is 0 Å². The van der Waals surface area contributed by atoms with Crippen molar-refractivity contribution in [3.8, 4) is 11.3 Å². The molecule has 0 bridgehead atoms. The van der Waals surface area contributed by atoms with E-state index < -0.39 is 0 Å². The Bertz CT molecular complexity index is 1820. The zero-order valence-electron chi connectivity index (χ0n) is 23.2. The summed E-state index contributed by atoms with van der Waals surface area (Å²) >= 11 is 2.74. The molecular formula is C31H28F2N4O3S2. The Kier molecular flexibility index (Phi) is 7.63. The van der Waals surface area contributed by atoms with Crippen molar-refractivity contribution >= 4 is 62.0 Å². The number of halogens is 2. The Morgan fingerprint density at radius 2 is 1.88 bits per heavy atom. The van der Waals surface area contributed by atoms with Crippen molar-refractivity contribution in [3.05, 3.63) is 82.4 Å². The van der Waals surface area contributed by atoms with Crippen LogP contribution in [0.3, 0.4) is 0 Å². The van der Waals surface area contributed by atoms with Crippen LogP contribution in [-0.4, -0.2) is 55.1 Å². The van der Waals surface area contributed by atoms with Crippen LogP contribution < -0.4 is 9.62 Å². The van der Waals surface area contributed by atoms with Gasteiger partial charge in [0.15, 0.2) is 5.01 Å². The largest absolute Gasteiger partial charge is 0.455 e. The van der Waals surface area contributed by atoms with E-state index in [-0.39, 0.29) is 29.4 Å². The van der Waals surface area contributed by atoms with Gasteiger partial charge >= 0.3 is 0 Å². The number of hydrogen-bond donors (Lipinski definition) is 1. The van der Waals surface area contributed by atoms with Crippen molar-refractivity contribution in [2.24, 2.45) is 0 Å². The second-order valence-corrected chi connectivity index (χ2v) is 12.1. The maximum Gasteiger partial charge on any atom is 0.282 e. The summed E-state index contributed by atoms with van der Waals surface area (Å²) in [5, 5.41) is 3.71. The topological polar surface area (TPSA) is 78.7 Å². The van der Waals surface area contributed by atoms with E-state index >= 15 is 0 Å². The van der Waals surface area contributed by atoms with Crippen LogP contribution in [0.25, 0.3) is 32.5 Å². The Hall–Kier alpha value is -3.96. The van der Waals surface area contributed by atoms with Gasteiger partial charge in [0.05, 0.1) is 21.5 Å². The summed E-state index contributed by atoms with van der Waals surface area (Å²) < 4.78 is 36.3. The van der Waals surface area contributed by atoms with Gasteiger partial charge in [-0.25, -0.2) is 13.8 Å². The van der Waals surface area contributed by atoms with Crippen molar-refractivity contribution < 1.29 is 22.8 Å². The van der Waals surface area contributed by atoms with Gasteiger partial charge in [-0.1, -0.05) is 11.9 Å². The number of carbonyl (C=O) groups is 2. The van der Waals surface area contributed by atoms with Gasteiger partial charge in [0, 0.05) is 56.4 Å². The number of benzene rings is 3. The highest BCUT2D eigenvalue weighted by molar-refractivity contribution is 7.99. The monoisotopic (exact) mass is 606 g/mol. The molecule has 5 aromatic rings. The van der Waals surface area contributed by atoms with E-state index in [9.17, 15) is 18.4 Å². The fraction of sp³-hybridized carbons (Fsp3) is 0.258. The lowest BCUT2D eigenvalue weighted by Gasteiger charge is -2.34. The molecule has 1 unspecified atom stereocenters. The number of thiazole rings is 1. The number of amides is 2. The number of aromatic nitrogens is 1. The molecule has 11 heteroatoms. The fourth-order valence-electron chi connectivity index (χ4n) is 5.54. The Balaban J connectivity index is 1.41. The van der Waals surface area contributed by atoms with E-state index in [1.807, 2.05) is 34.6 Å². The third-order valence-corrected chi connectivity index (χ3v) is 9.44. The average molecular weight is 607 g/mol. The van der Waals surface area contributed by atoms with Crippen LogP contribution in [0.4, 0.5) is 14.5 Å². The molecule has 7 nitrogen and oxygen atoms in total. The predicted octanol–water partition coefficient (Wildman–Crippen LogP) is 7.08. The molecule has 1 fully saturated rings. The number of carbonyl (C=O) groups excluding carboxylic acids is 2. The zero-order valence-corrected chi connectivity index (χ0v) is 24.9. The maximum atomic E-state index is 13.7. The average Bonchev–Trinajstić information content (AvgIpc) is 3.60. The first-order chi connectivity index (χ1) is 20.3. The fourth-order valence-corrected chi connectivity index (χ4v) is 6.86. The number of rotatable bonds is 6. The van der Waals surface area contributed by atoms with Gasteiger partial charge in [-0.15, -0.1) is 11.3 Å². The molecule has 6 rings (SSSR count). The molecule has 3 aromatic carbocycles. The second-order valence-electron chi connectivity index (χ2n) is 10.2. The van der Waals surface area contributed by atoms with Gasteiger partial charge in [0.1, 0.15) is 23.0 Å². The highest BCUT2D eigenvalue weighted by atomic mass is 32.2. The molecule has 1 N–H and O–H groups in total. The maximum absolute atomic E-state index is 13.7. The summed E-state index contributed by atoms with van der Waals surface area (Å²) in [7, 11) is 3.53. The number of anilines is 1. The molecule has 2 aromatic heterocycles. The first-order valence-electron chi connectivity index (χ1n) is 13.5. The van der Waals surface area contributed by atoms with Crippen LogP contribution in [0.1, 0.15) is 44.5 Å². The molecule has 1 atom stereocenters. The standard InChI is InChI=1S/C31H28F2N4O3S2/c1-34-29(38)27-22-14-21(24(36(2)41-3)15-25(22)40-28(27)17-6-8-19(32)9-7-17)18-5-4-12-37(16-18)31(39)30-35-23-11-10-20(33)13-26(23)42-30/h6-11,13-15,18H,4-5,12,16H2,1-3H3,(H,34,38). The third kappa shape index (κ3) is 5.11. The van der Waals surface area contributed by atoms with E-state index in [4.69, 9.17) is 4.42 Å². The molecular weight excluding hydrogens is 578 g/mol. The Labute approximate surface area is 249 Å². The number of fused-ring (bicyclic) bond motifs is 2. The highest BCUT2D eigenvalue weighted by Crippen LogP contribution is 2.42. The predicted molar refractivity (Wildman–Crippen MR) is 164 cm³/mol.